The highest BCUT2D eigenvalue weighted by Crippen LogP contribution is 2.42. The maximum absolute atomic E-state index is 12.6. The molecule has 0 fully saturated rings. The van der Waals surface area contributed by atoms with Gasteiger partial charge in [-0.2, -0.15) is 0 Å². The van der Waals surface area contributed by atoms with Crippen LogP contribution in [-0.4, -0.2) is 30.3 Å². The average Bonchev–Trinajstić information content (AvgIpc) is 2.95. The van der Waals surface area contributed by atoms with Crippen LogP contribution in [0.15, 0.2) is 84.9 Å². The van der Waals surface area contributed by atoms with Crippen molar-refractivity contribution < 1.29 is 28.9 Å². The summed E-state index contributed by atoms with van der Waals surface area (Å²) in [5.41, 5.74) is 4.18. The lowest BCUT2D eigenvalue weighted by atomic mass is 10.0. The lowest BCUT2D eigenvalue weighted by Gasteiger charge is -2.25. The van der Waals surface area contributed by atoms with E-state index in [0.717, 1.165) is 16.7 Å². The second-order valence-corrected chi connectivity index (χ2v) is 9.95. The minimum atomic E-state index is -1.36. The number of amides is 1. The van der Waals surface area contributed by atoms with Gasteiger partial charge >= 0.3 is 6.16 Å². The van der Waals surface area contributed by atoms with E-state index >= 15 is 0 Å². The first kappa shape index (κ1) is 27.4. The number of carboxylic acid groups (broad SMARTS) is 1. The van der Waals surface area contributed by atoms with Crippen molar-refractivity contribution in [3.8, 4) is 28.4 Å². The number of rotatable bonds is 8. The van der Waals surface area contributed by atoms with Gasteiger partial charge in [0, 0.05) is 40.7 Å². The van der Waals surface area contributed by atoms with E-state index in [0.29, 0.717) is 59.4 Å². The maximum Gasteiger partial charge on any atom is 0.506 e. The summed E-state index contributed by atoms with van der Waals surface area (Å²) in [7, 11) is 0. The van der Waals surface area contributed by atoms with Gasteiger partial charge in [0.1, 0.15) is 23.4 Å². The zero-order valence-electron chi connectivity index (χ0n) is 21.2. The van der Waals surface area contributed by atoms with Crippen LogP contribution in [0, 0.1) is 0 Å². The molecule has 1 unspecified atom stereocenters. The molecule has 204 valence electrons. The third-order valence-corrected chi connectivity index (χ3v) is 7.10. The maximum atomic E-state index is 12.6. The zero-order valence-corrected chi connectivity index (χ0v) is 22.7. The van der Waals surface area contributed by atoms with Crippen molar-refractivity contribution in [3.05, 3.63) is 112 Å². The molecule has 7 nitrogen and oxygen atoms in total. The van der Waals surface area contributed by atoms with E-state index in [1.165, 1.54) is 0 Å². The first-order valence-electron chi connectivity index (χ1n) is 12.6. The molecular formula is C31H25Cl2NO6. The lowest BCUT2D eigenvalue weighted by Crippen LogP contribution is -2.25. The summed E-state index contributed by atoms with van der Waals surface area (Å²) in [5, 5.41) is 12.9. The lowest BCUT2D eigenvalue weighted by molar-refractivity contribution is 0.0326. The van der Waals surface area contributed by atoms with Crippen molar-refractivity contribution in [3.63, 3.8) is 0 Å². The summed E-state index contributed by atoms with van der Waals surface area (Å²) >= 11 is 12.7. The molecule has 5 rings (SSSR count). The fourth-order valence-electron chi connectivity index (χ4n) is 4.45. The van der Waals surface area contributed by atoms with Gasteiger partial charge in [-0.15, -0.1) is 0 Å². The Labute approximate surface area is 241 Å². The SMILES string of the molecule is O=C(O)OC1CCOc2cc(Oc3ccc(C(=O)NCCc4ccc(-c5ccccc5Cl)cc4)cc3)c(Cl)cc21. The van der Waals surface area contributed by atoms with Crippen molar-refractivity contribution in [1.29, 1.82) is 0 Å². The molecule has 1 heterocycles. The fourth-order valence-corrected chi connectivity index (χ4v) is 4.91. The number of hydrogen-bond donors (Lipinski definition) is 2. The van der Waals surface area contributed by atoms with E-state index in [9.17, 15) is 9.59 Å². The smallest absolute Gasteiger partial charge is 0.493 e. The van der Waals surface area contributed by atoms with Crippen molar-refractivity contribution in [1.82, 2.24) is 5.32 Å². The van der Waals surface area contributed by atoms with E-state index in [2.05, 4.69) is 5.32 Å². The van der Waals surface area contributed by atoms with Gasteiger partial charge in [0.2, 0.25) is 0 Å². The highest BCUT2D eigenvalue weighted by atomic mass is 35.5. The molecule has 0 saturated heterocycles. The quantitative estimate of drug-likeness (QED) is 0.206. The summed E-state index contributed by atoms with van der Waals surface area (Å²) < 4.78 is 16.5. The summed E-state index contributed by atoms with van der Waals surface area (Å²) in [6.07, 6.45) is -0.928. The van der Waals surface area contributed by atoms with E-state index in [4.69, 9.17) is 42.5 Å². The Morgan fingerprint density at radius 3 is 2.42 bits per heavy atom. The van der Waals surface area contributed by atoms with Crippen molar-refractivity contribution in [2.45, 2.75) is 18.9 Å². The van der Waals surface area contributed by atoms with Crippen LogP contribution in [-0.2, 0) is 11.2 Å². The normalized spacial score (nSPS) is 14.0. The molecule has 1 aliphatic heterocycles. The Kier molecular flexibility index (Phi) is 8.43. The molecule has 4 aromatic rings. The summed E-state index contributed by atoms with van der Waals surface area (Å²) in [4.78, 5) is 23.6. The number of nitrogens with one attached hydrogen (secondary N) is 1. The molecule has 0 aliphatic carbocycles. The Hall–Kier alpha value is -4.20. The van der Waals surface area contributed by atoms with Crippen molar-refractivity contribution >= 4 is 35.3 Å². The summed E-state index contributed by atoms with van der Waals surface area (Å²) in [6.45, 7) is 0.795. The van der Waals surface area contributed by atoms with Crippen LogP contribution in [0.25, 0.3) is 11.1 Å². The van der Waals surface area contributed by atoms with Crippen LogP contribution < -0.4 is 14.8 Å². The number of benzene rings is 4. The molecule has 0 spiro atoms. The van der Waals surface area contributed by atoms with Gasteiger partial charge in [-0.3, -0.25) is 4.79 Å². The monoisotopic (exact) mass is 577 g/mol. The minimum Gasteiger partial charge on any atom is -0.493 e. The molecule has 0 saturated carbocycles. The predicted molar refractivity (Wildman–Crippen MR) is 153 cm³/mol. The van der Waals surface area contributed by atoms with Crippen LogP contribution in [0.1, 0.15) is 34.0 Å². The summed E-state index contributed by atoms with van der Waals surface area (Å²) in [5.74, 6) is 1.08. The van der Waals surface area contributed by atoms with Gasteiger partial charge in [0.25, 0.3) is 5.91 Å². The molecule has 0 aromatic heterocycles. The Morgan fingerprint density at radius 1 is 0.950 bits per heavy atom. The Morgan fingerprint density at radius 2 is 1.70 bits per heavy atom. The standard InChI is InChI=1S/C31H25Cl2NO6/c32-25-4-2-1-3-23(25)20-7-5-19(6-8-20)13-15-34-30(35)21-9-11-22(12-10-21)39-29-18-28-24(17-26(29)33)27(14-16-38-28)40-31(36)37/h1-12,17-18,27H,13-16H2,(H,34,35)(H,36,37). The van der Waals surface area contributed by atoms with Crippen molar-refractivity contribution in [2.24, 2.45) is 0 Å². The predicted octanol–water partition coefficient (Wildman–Crippen LogP) is 7.94. The van der Waals surface area contributed by atoms with Crippen LogP contribution in [0.3, 0.4) is 0 Å². The largest absolute Gasteiger partial charge is 0.506 e. The van der Waals surface area contributed by atoms with Crippen LogP contribution in [0.4, 0.5) is 4.79 Å². The first-order valence-corrected chi connectivity index (χ1v) is 13.4. The third-order valence-electron chi connectivity index (χ3n) is 6.47. The highest BCUT2D eigenvalue weighted by molar-refractivity contribution is 6.33. The average molecular weight is 578 g/mol. The van der Waals surface area contributed by atoms with Gasteiger partial charge in [-0.1, -0.05) is 65.7 Å². The second-order valence-electron chi connectivity index (χ2n) is 9.14. The highest BCUT2D eigenvalue weighted by Gasteiger charge is 2.27. The number of carbonyl (C=O) groups is 2. The molecule has 1 aliphatic rings. The van der Waals surface area contributed by atoms with Crippen LogP contribution in [0.2, 0.25) is 10.0 Å². The topological polar surface area (TPSA) is 94.1 Å². The van der Waals surface area contributed by atoms with E-state index < -0.39 is 12.3 Å². The molecule has 0 bridgehead atoms. The fraction of sp³-hybridized carbons (Fsp3) is 0.161. The molecule has 4 aromatic carbocycles. The molecule has 1 amide bonds. The van der Waals surface area contributed by atoms with Gasteiger partial charge in [0.15, 0.2) is 0 Å². The number of halogens is 2. The molecule has 0 radical (unpaired) electrons. The molecular weight excluding hydrogens is 553 g/mol. The zero-order chi connectivity index (χ0) is 28.1. The summed E-state index contributed by atoms with van der Waals surface area (Å²) in [6, 6.07) is 25.7. The van der Waals surface area contributed by atoms with Gasteiger partial charge in [-0.25, -0.2) is 4.79 Å². The number of hydrogen-bond acceptors (Lipinski definition) is 5. The molecule has 2 N–H and O–H groups in total. The van der Waals surface area contributed by atoms with Gasteiger partial charge < -0.3 is 24.6 Å². The van der Waals surface area contributed by atoms with Gasteiger partial charge in [0.05, 0.1) is 11.6 Å². The minimum absolute atomic E-state index is 0.191. The first-order chi connectivity index (χ1) is 19.4. The number of ether oxygens (including phenoxy) is 3. The van der Waals surface area contributed by atoms with Crippen molar-refractivity contribution in [2.75, 3.05) is 13.2 Å². The number of carbonyl (C=O) groups excluding carboxylic acids is 1. The molecule has 40 heavy (non-hydrogen) atoms. The van der Waals surface area contributed by atoms with Gasteiger partial charge in [-0.05, 0) is 53.9 Å². The third kappa shape index (κ3) is 6.50. The molecule has 1 atom stereocenters. The van der Waals surface area contributed by atoms with E-state index in [-0.39, 0.29) is 10.9 Å². The Balaban J connectivity index is 1.15. The Bertz CT molecular complexity index is 1520. The van der Waals surface area contributed by atoms with Crippen LogP contribution in [0.5, 0.6) is 17.2 Å². The van der Waals surface area contributed by atoms with E-state index in [1.807, 2.05) is 48.5 Å². The molecule has 9 heteroatoms. The van der Waals surface area contributed by atoms with Crippen LogP contribution >= 0.6 is 23.2 Å². The van der Waals surface area contributed by atoms with E-state index in [1.54, 1.807) is 36.4 Å². The second kappa shape index (κ2) is 12.3. The number of fused-ring (bicyclic) bond motifs is 1.